The number of aromatic nitrogens is 3. The molecule has 6 nitrogen and oxygen atoms in total. The third-order valence-corrected chi connectivity index (χ3v) is 3.43. The summed E-state index contributed by atoms with van der Waals surface area (Å²) in [5, 5.41) is 16.3. The fraction of sp³-hybridized carbons (Fsp3) is 0.118. The highest BCUT2D eigenvalue weighted by Gasteiger charge is 2.14. The monoisotopic (exact) mass is 344 g/mol. The van der Waals surface area contributed by atoms with Crippen molar-refractivity contribution in [2.45, 2.75) is 13.3 Å². The number of rotatable bonds is 5. The van der Waals surface area contributed by atoms with Gasteiger partial charge in [-0.1, -0.05) is 0 Å². The number of pyridine rings is 1. The highest BCUT2D eigenvalue weighted by atomic mass is 19.2. The van der Waals surface area contributed by atoms with Crippen LogP contribution in [0.2, 0.25) is 0 Å². The van der Waals surface area contributed by atoms with Gasteiger partial charge in [0.2, 0.25) is 0 Å². The van der Waals surface area contributed by atoms with E-state index in [0.29, 0.717) is 22.9 Å². The zero-order chi connectivity index (χ0) is 18.0. The van der Waals surface area contributed by atoms with Crippen LogP contribution in [-0.4, -0.2) is 25.8 Å². The molecule has 0 unspecified atom stereocenters. The molecule has 1 aromatic carbocycles. The molecule has 8 heteroatoms. The average Bonchev–Trinajstić information content (AvgIpc) is 2.92. The van der Waals surface area contributed by atoms with Crippen LogP contribution in [0.4, 0.5) is 20.3 Å². The van der Waals surface area contributed by atoms with Crippen molar-refractivity contribution in [3.05, 3.63) is 65.6 Å². The average molecular weight is 344 g/mol. The normalized spacial score (nSPS) is 10.7. The van der Waals surface area contributed by atoms with Crippen molar-refractivity contribution >= 4 is 17.5 Å². The number of anilines is 2. The second-order valence-corrected chi connectivity index (χ2v) is 5.41. The van der Waals surface area contributed by atoms with Crippen LogP contribution in [-0.2, 0) is 11.2 Å². The number of aliphatic carboxylic acids is 1. The molecule has 3 aromatic rings. The molecule has 2 aromatic heterocycles. The smallest absolute Gasteiger partial charge is 0.309 e. The van der Waals surface area contributed by atoms with Crippen molar-refractivity contribution in [2.24, 2.45) is 0 Å². The topological polar surface area (TPSA) is 80.0 Å². The SMILES string of the molecule is Cc1cc(-n2nc(Nc3ccc(F)c(F)c3)cc2CC(=O)O)ccn1. The van der Waals surface area contributed by atoms with Crippen molar-refractivity contribution in [1.82, 2.24) is 14.8 Å². The van der Waals surface area contributed by atoms with Crippen LogP contribution in [0.5, 0.6) is 0 Å². The number of nitrogens with one attached hydrogen (secondary N) is 1. The molecule has 3 rings (SSSR count). The summed E-state index contributed by atoms with van der Waals surface area (Å²) in [6, 6.07) is 8.38. The molecule has 0 radical (unpaired) electrons. The van der Waals surface area contributed by atoms with E-state index in [-0.39, 0.29) is 6.42 Å². The Hall–Kier alpha value is -3.29. The van der Waals surface area contributed by atoms with Crippen LogP contribution < -0.4 is 5.32 Å². The first-order valence-corrected chi connectivity index (χ1v) is 7.38. The largest absolute Gasteiger partial charge is 0.481 e. The Bertz CT molecular complexity index is 940. The van der Waals surface area contributed by atoms with Gasteiger partial charge in [0.1, 0.15) is 0 Å². The van der Waals surface area contributed by atoms with Crippen molar-refractivity contribution in [1.29, 1.82) is 0 Å². The standard InChI is InChI=1S/C17H14F2N4O2/c1-10-6-12(4-5-20-10)23-13(9-17(24)25)8-16(22-23)21-11-2-3-14(18)15(19)7-11/h2-8H,9H2,1H3,(H,21,22)(H,24,25). The Morgan fingerprint density at radius 1 is 1.20 bits per heavy atom. The first-order valence-electron chi connectivity index (χ1n) is 7.38. The van der Waals surface area contributed by atoms with Gasteiger partial charge in [-0.05, 0) is 31.2 Å². The van der Waals surface area contributed by atoms with E-state index in [1.54, 1.807) is 24.4 Å². The number of hydrogen-bond donors (Lipinski definition) is 2. The Balaban J connectivity index is 1.97. The molecule has 0 bridgehead atoms. The predicted octanol–water partition coefficient (Wildman–Crippen LogP) is 3.22. The summed E-state index contributed by atoms with van der Waals surface area (Å²) in [5.41, 5.74) is 2.14. The molecule has 0 atom stereocenters. The lowest BCUT2D eigenvalue weighted by Crippen LogP contribution is -2.08. The molecule has 0 fully saturated rings. The molecule has 0 aliphatic rings. The molecule has 2 N–H and O–H groups in total. The van der Waals surface area contributed by atoms with Crippen LogP contribution in [0, 0.1) is 18.6 Å². The molecule has 0 amide bonds. The fourth-order valence-electron chi connectivity index (χ4n) is 2.37. The van der Waals surface area contributed by atoms with Crippen LogP contribution in [0.3, 0.4) is 0 Å². The van der Waals surface area contributed by atoms with Crippen molar-refractivity contribution in [3.8, 4) is 5.69 Å². The number of aryl methyl sites for hydroxylation is 1. The van der Waals surface area contributed by atoms with E-state index in [1.807, 2.05) is 6.92 Å². The predicted molar refractivity (Wildman–Crippen MR) is 87.1 cm³/mol. The Kier molecular flexibility index (Phi) is 4.42. The molecule has 0 aliphatic carbocycles. The number of halogens is 2. The van der Waals surface area contributed by atoms with E-state index >= 15 is 0 Å². The minimum Gasteiger partial charge on any atom is -0.481 e. The van der Waals surface area contributed by atoms with Gasteiger partial charge in [-0.25, -0.2) is 13.5 Å². The zero-order valence-electron chi connectivity index (χ0n) is 13.2. The number of hydrogen-bond acceptors (Lipinski definition) is 4. The third kappa shape index (κ3) is 3.79. The lowest BCUT2D eigenvalue weighted by molar-refractivity contribution is -0.136. The minimum atomic E-state index is -1.01. The zero-order valence-corrected chi connectivity index (χ0v) is 13.2. The molecular weight excluding hydrogens is 330 g/mol. The molecule has 0 aliphatic heterocycles. The van der Waals surface area contributed by atoms with Gasteiger partial charge in [0.15, 0.2) is 17.5 Å². The summed E-state index contributed by atoms with van der Waals surface area (Å²) in [7, 11) is 0. The molecule has 128 valence electrons. The highest BCUT2D eigenvalue weighted by Crippen LogP contribution is 2.21. The number of carboxylic acid groups (broad SMARTS) is 1. The van der Waals surface area contributed by atoms with Gasteiger partial charge in [0.05, 0.1) is 17.8 Å². The minimum absolute atomic E-state index is 0.242. The third-order valence-electron chi connectivity index (χ3n) is 3.43. The molecule has 0 saturated carbocycles. The fourth-order valence-corrected chi connectivity index (χ4v) is 2.37. The molecule has 0 saturated heterocycles. The van der Waals surface area contributed by atoms with Gasteiger partial charge in [-0.15, -0.1) is 5.10 Å². The van der Waals surface area contributed by atoms with E-state index in [0.717, 1.165) is 17.8 Å². The molecule has 0 spiro atoms. The first kappa shape index (κ1) is 16.6. The van der Waals surface area contributed by atoms with Crippen molar-refractivity contribution < 1.29 is 18.7 Å². The van der Waals surface area contributed by atoms with Crippen LogP contribution in [0.1, 0.15) is 11.4 Å². The van der Waals surface area contributed by atoms with Gasteiger partial charge in [-0.3, -0.25) is 9.78 Å². The quantitative estimate of drug-likeness (QED) is 0.743. The van der Waals surface area contributed by atoms with Gasteiger partial charge in [0.25, 0.3) is 0 Å². The van der Waals surface area contributed by atoms with Crippen LogP contribution in [0.15, 0.2) is 42.6 Å². The summed E-state index contributed by atoms with van der Waals surface area (Å²) in [5.74, 6) is -2.63. The molecule has 2 heterocycles. The van der Waals surface area contributed by atoms with E-state index in [4.69, 9.17) is 5.11 Å². The van der Waals surface area contributed by atoms with Crippen molar-refractivity contribution in [2.75, 3.05) is 5.32 Å². The van der Waals surface area contributed by atoms with Crippen LogP contribution in [0.25, 0.3) is 5.69 Å². The summed E-state index contributed by atoms with van der Waals surface area (Å²) >= 11 is 0. The summed E-state index contributed by atoms with van der Waals surface area (Å²) in [6.07, 6.45) is 1.35. The van der Waals surface area contributed by atoms with Crippen LogP contribution >= 0.6 is 0 Å². The maximum Gasteiger partial charge on any atom is 0.309 e. The molecular formula is C17H14F2N4O2. The van der Waals surface area contributed by atoms with Gasteiger partial charge in [-0.2, -0.15) is 0 Å². The lowest BCUT2D eigenvalue weighted by Gasteiger charge is -2.06. The number of carboxylic acids is 1. The maximum atomic E-state index is 13.3. The first-order chi connectivity index (χ1) is 11.9. The number of nitrogens with zero attached hydrogens (tertiary/aromatic N) is 3. The Morgan fingerprint density at radius 2 is 2.00 bits per heavy atom. The second kappa shape index (κ2) is 6.68. The summed E-state index contributed by atoms with van der Waals surface area (Å²) in [6.45, 7) is 1.81. The Morgan fingerprint density at radius 3 is 2.68 bits per heavy atom. The van der Waals surface area contributed by atoms with E-state index < -0.39 is 17.6 Å². The van der Waals surface area contributed by atoms with Crippen molar-refractivity contribution in [3.63, 3.8) is 0 Å². The summed E-state index contributed by atoms with van der Waals surface area (Å²) < 4.78 is 27.8. The maximum absolute atomic E-state index is 13.3. The van der Waals surface area contributed by atoms with Gasteiger partial charge >= 0.3 is 5.97 Å². The Labute approximate surface area is 141 Å². The van der Waals surface area contributed by atoms with Gasteiger partial charge < -0.3 is 10.4 Å². The van der Waals surface area contributed by atoms with E-state index in [9.17, 15) is 13.6 Å². The summed E-state index contributed by atoms with van der Waals surface area (Å²) in [4.78, 5) is 15.2. The highest BCUT2D eigenvalue weighted by molar-refractivity contribution is 5.70. The lowest BCUT2D eigenvalue weighted by atomic mass is 10.2. The van der Waals surface area contributed by atoms with E-state index in [2.05, 4.69) is 15.4 Å². The van der Waals surface area contributed by atoms with E-state index in [1.165, 1.54) is 10.7 Å². The number of carbonyl (C=O) groups is 1. The second-order valence-electron chi connectivity index (χ2n) is 5.41. The van der Waals surface area contributed by atoms with Gasteiger partial charge in [0, 0.05) is 29.7 Å². The molecule has 25 heavy (non-hydrogen) atoms. The number of benzene rings is 1.